The van der Waals surface area contributed by atoms with Crippen molar-refractivity contribution in [2.24, 2.45) is 0 Å². The minimum atomic E-state index is -0.668. The first-order valence-electron chi connectivity index (χ1n) is 8.11. The molecule has 2 amide bonds. The zero-order chi connectivity index (χ0) is 21.0. The molecular weight excluding hydrogens is 398 g/mol. The van der Waals surface area contributed by atoms with Crippen LogP contribution in [0.2, 0.25) is 0 Å². The van der Waals surface area contributed by atoms with Crippen LogP contribution in [0, 0.1) is 25.2 Å². The quantitative estimate of drug-likeness (QED) is 0.456. The molecule has 9 heteroatoms. The molecule has 2 aromatic heterocycles. The highest BCUT2D eigenvalue weighted by atomic mass is 32.1. The van der Waals surface area contributed by atoms with Gasteiger partial charge in [-0.2, -0.15) is 5.26 Å². The van der Waals surface area contributed by atoms with Crippen LogP contribution in [0.4, 0.5) is 5.00 Å². The Bertz CT molecular complexity index is 1010. The first-order valence-corrected chi connectivity index (χ1v) is 9.81. The highest BCUT2D eigenvalue weighted by Crippen LogP contribution is 2.34. The number of hydrogen-bond acceptors (Lipinski definition) is 7. The fourth-order valence-electron chi connectivity index (χ4n) is 2.34. The van der Waals surface area contributed by atoms with Crippen molar-refractivity contribution in [3.8, 4) is 6.07 Å². The predicted octanol–water partition coefficient (Wildman–Crippen LogP) is 3.46. The standard InChI is InChI=1S/C19H19N3O4S2/c1-10-6-7-27-13(10)8-12(9-20)16(23)21-17-14(19(25)26-5)11(2)15(28-17)18(24)22(3)4/h6-8H,1-5H3,(H,21,23)/b12-8+. The Labute approximate surface area is 170 Å². The summed E-state index contributed by atoms with van der Waals surface area (Å²) in [7, 11) is 4.41. The van der Waals surface area contributed by atoms with Crippen molar-refractivity contribution in [2.75, 3.05) is 26.5 Å². The van der Waals surface area contributed by atoms with Gasteiger partial charge in [-0.05, 0) is 42.5 Å². The molecule has 1 N–H and O–H groups in total. The van der Waals surface area contributed by atoms with E-state index in [0.29, 0.717) is 10.4 Å². The number of thiophene rings is 2. The van der Waals surface area contributed by atoms with E-state index in [-0.39, 0.29) is 22.0 Å². The van der Waals surface area contributed by atoms with Gasteiger partial charge in [-0.25, -0.2) is 4.79 Å². The first-order chi connectivity index (χ1) is 13.2. The lowest BCUT2D eigenvalue weighted by Crippen LogP contribution is -2.21. The maximum absolute atomic E-state index is 12.6. The van der Waals surface area contributed by atoms with Gasteiger partial charge in [0.05, 0.1) is 17.6 Å². The second-order valence-electron chi connectivity index (χ2n) is 6.04. The van der Waals surface area contributed by atoms with Crippen LogP contribution >= 0.6 is 22.7 Å². The summed E-state index contributed by atoms with van der Waals surface area (Å²) in [6.45, 7) is 3.50. The molecule has 0 saturated carbocycles. The summed E-state index contributed by atoms with van der Waals surface area (Å²) < 4.78 is 4.79. The Hall–Kier alpha value is -2.96. The van der Waals surface area contributed by atoms with E-state index in [4.69, 9.17) is 4.74 Å². The van der Waals surface area contributed by atoms with Crippen LogP contribution < -0.4 is 5.32 Å². The van der Waals surface area contributed by atoms with Gasteiger partial charge in [-0.15, -0.1) is 22.7 Å². The number of esters is 1. The average molecular weight is 418 g/mol. The maximum Gasteiger partial charge on any atom is 0.341 e. The Kier molecular flexibility index (Phi) is 6.72. The van der Waals surface area contributed by atoms with Gasteiger partial charge in [-0.1, -0.05) is 0 Å². The van der Waals surface area contributed by atoms with Gasteiger partial charge in [-0.3, -0.25) is 9.59 Å². The molecule has 2 aromatic rings. The monoisotopic (exact) mass is 417 g/mol. The van der Waals surface area contributed by atoms with Gasteiger partial charge in [0, 0.05) is 19.0 Å². The topological polar surface area (TPSA) is 99.5 Å². The van der Waals surface area contributed by atoms with Gasteiger partial charge < -0.3 is 15.0 Å². The second-order valence-corrected chi connectivity index (χ2v) is 8.01. The number of carbonyl (C=O) groups is 3. The van der Waals surface area contributed by atoms with Gasteiger partial charge in [0.15, 0.2) is 0 Å². The third-order valence-electron chi connectivity index (χ3n) is 3.91. The molecule has 0 aliphatic heterocycles. The minimum absolute atomic E-state index is 0.104. The molecule has 0 saturated heterocycles. The largest absolute Gasteiger partial charge is 0.465 e. The van der Waals surface area contributed by atoms with E-state index in [1.165, 1.54) is 29.4 Å². The molecule has 0 atom stereocenters. The Morgan fingerprint density at radius 1 is 1.29 bits per heavy atom. The number of amides is 2. The minimum Gasteiger partial charge on any atom is -0.465 e. The molecule has 0 unspecified atom stereocenters. The van der Waals surface area contributed by atoms with Crippen LogP contribution in [0.3, 0.4) is 0 Å². The number of aryl methyl sites for hydroxylation is 1. The average Bonchev–Trinajstić information content (AvgIpc) is 3.20. The number of nitrogens with zero attached hydrogens (tertiary/aromatic N) is 2. The van der Waals surface area contributed by atoms with Crippen LogP contribution in [0.25, 0.3) is 6.08 Å². The van der Waals surface area contributed by atoms with Crippen LogP contribution in [0.5, 0.6) is 0 Å². The van der Waals surface area contributed by atoms with Crippen molar-refractivity contribution < 1.29 is 19.1 Å². The number of hydrogen-bond donors (Lipinski definition) is 1. The highest BCUT2D eigenvalue weighted by molar-refractivity contribution is 7.18. The summed E-state index contributed by atoms with van der Waals surface area (Å²) in [5, 5.41) is 14.0. The van der Waals surface area contributed by atoms with Crippen molar-refractivity contribution in [3.63, 3.8) is 0 Å². The normalized spacial score (nSPS) is 10.9. The van der Waals surface area contributed by atoms with E-state index >= 15 is 0 Å². The van der Waals surface area contributed by atoms with Crippen molar-refractivity contribution in [3.05, 3.63) is 43.5 Å². The number of methoxy groups -OCH3 is 1. The number of nitriles is 1. The molecule has 0 radical (unpaired) electrons. The van der Waals surface area contributed by atoms with E-state index in [9.17, 15) is 19.6 Å². The van der Waals surface area contributed by atoms with E-state index < -0.39 is 11.9 Å². The van der Waals surface area contributed by atoms with Crippen LogP contribution in [0.1, 0.15) is 36.0 Å². The molecule has 28 heavy (non-hydrogen) atoms. The predicted molar refractivity (Wildman–Crippen MR) is 110 cm³/mol. The third-order valence-corrected chi connectivity index (χ3v) is 6.07. The van der Waals surface area contributed by atoms with Crippen molar-refractivity contribution in [1.29, 1.82) is 5.26 Å². The van der Waals surface area contributed by atoms with Crippen LogP contribution in [-0.4, -0.2) is 43.9 Å². The summed E-state index contributed by atoms with van der Waals surface area (Å²) >= 11 is 2.39. The second kappa shape index (κ2) is 8.82. The molecule has 0 spiro atoms. The molecule has 7 nitrogen and oxygen atoms in total. The lowest BCUT2D eigenvalue weighted by molar-refractivity contribution is -0.112. The van der Waals surface area contributed by atoms with E-state index in [1.54, 1.807) is 21.0 Å². The van der Waals surface area contributed by atoms with Gasteiger partial charge in [0.2, 0.25) is 0 Å². The number of rotatable bonds is 5. The molecule has 0 aliphatic carbocycles. The zero-order valence-electron chi connectivity index (χ0n) is 16.1. The molecule has 2 rings (SSSR count). The Morgan fingerprint density at radius 2 is 1.96 bits per heavy atom. The Balaban J connectivity index is 2.45. The maximum atomic E-state index is 12.6. The molecule has 0 fully saturated rings. The van der Waals surface area contributed by atoms with E-state index in [1.807, 2.05) is 24.4 Å². The summed E-state index contributed by atoms with van der Waals surface area (Å²) in [4.78, 5) is 39.7. The fourth-order valence-corrected chi connectivity index (χ4v) is 4.41. The lowest BCUT2D eigenvalue weighted by atomic mass is 10.1. The molecule has 146 valence electrons. The van der Waals surface area contributed by atoms with Crippen molar-refractivity contribution >= 4 is 51.5 Å². The summed E-state index contributed by atoms with van der Waals surface area (Å²) in [5.74, 6) is -1.62. The van der Waals surface area contributed by atoms with Crippen LogP contribution in [0.15, 0.2) is 17.0 Å². The number of ether oxygens (including phenoxy) is 1. The molecular formula is C19H19N3O4S2. The molecule has 0 aromatic carbocycles. The third kappa shape index (κ3) is 4.30. The summed E-state index contributed by atoms with van der Waals surface area (Å²) in [5.41, 5.74) is 1.37. The highest BCUT2D eigenvalue weighted by Gasteiger charge is 2.27. The Morgan fingerprint density at radius 3 is 2.46 bits per heavy atom. The number of anilines is 1. The molecule has 0 bridgehead atoms. The zero-order valence-corrected chi connectivity index (χ0v) is 17.7. The fraction of sp³-hybridized carbons (Fsp3) is 0.263. The van der Waals surface area contributed by atoms with Gasteiger partial charge in [0.25, 0.3) is 11.8 Å². The first kappa shape index (κ1) is 21.3. The molecule has 2 heterocycles. The van der Waals surface area contributed by atoms with E-state index in [0.717, 1.165) is 21.8 Å². The van der Waals surface area contributed by atoms with Gasteiger partial charge in [0.1, 0.15) is 16.6 Å². The van der Waals surface area contributed by atoms with Crippen molar-refractivity contribution in [1.82, 2.24) is 4.90 Å². The SMILES string of the molecule is COC(=O)c1c(NC(=O)/C(C#N)=C/c2sccc2C)sc(C(=O)N(C)C)c1C. The number of nitrogens with one attached hydrogen (secondary N) is 1. The van der Waals surface area contributed by atoms with Crippen molar-refractivity contribution in [2.45, 2.75) is 13.8 Å². The molecule has 0 aliphatic rings. The van der Waals surface area contributed by atoms with Crippen LogP contribution in [-0.2, 0) is 9.53 Å². The lowest BCUT2D eigenvalue weighted by Gasteiger charge is -2.08. The summed E-state index contributed by atoms with van der Waals surface area (Å²) in [6.07, 6.45) is 1.50. The van der Waals surface area contributed by atoms with E-state index in [2.05, 4.69) is 5.32 Å². The smallest absolute Gasteiger partial charge is 0.341 e. The summed E-state index contributed by atoms with van der Waals surface area (Å²) in [6, 6.07) is 3.77. The number of carbonyl (C=O) groups excluding carboxylic acids is 3. The van der Waals surface area contributed by atoms with Gasteiger partial charge >= 0.3 is 5.97 Å².